The minimum absolute atomic E-state index is 0.0514. The summed E-state index contributed by atoms with van der Waals surface area (Å²) >= 11 is 0. The monoisotopic (exact) mass is 240 g/mol. The molecule has 3 aromatic rings. The van der Waals surface area contributed by atoms with Crippen LogP contribution in [-0.2, 0) is 0 Å². The lowest BCUT2D eigenvalue weighted by atomic mass is 10.3. The third-order valence-electron chi connectivity index (χ3n) is 2.58. The van der Waals surface area contributed by atoms with Crippen molar-refractivity contribution in [3.63, 3.8) is 0 Å². The molecule has 0 spiro atoms. The van der Waals surface area contributed by atoms with Gasteiger partial charge in [-0.1, -0.05) is 12.1 Å². The molecule has 0 saturated carbocycles. The number of nitro groups is 1. The van der Waals surface area contributed by atoms with Gasteiger partial charge in [0.2, 0.25) is 0 Å². The summed E-state index contributed by atoms with van der Waals surface area (Å²) in [7, 11) is 0. The standard InChI is InChI=1S/C12H8N4O2/c17-16(18)10-7-5-9(6-8-10)15-13-11-3-1-2-4-12(11)14-15/h1-8H. The Morgan fingerprint density at radius 1 is 0.944 bits per heavy atom. The van der Waals surface area contributed by atoms with Gasteiger partial charge in [0.15, 0.2) is 0 Å². The molecule has 18 heavy (non-hydrogen) atoms. The Balaban J connectivity index is 2.06. The van der Waals surface area contributed by atoms with Gasteiger partial charge in [0.05, 0.1) is 10.6 Å². The zero-order valence-electron chi connectivity index (χ0n) is 9.22. The van der Waals surface area contributed by atoms with Gasteiger partial charge >= 0.3 is 0 Å². The van der Waals surface area contributed by atoms with E-state index in [-0.39, 0.29) is 5.69 Å². The van der Waals surface area contributed by atoms with Gasteiger partial charge in [0, 0.05) is 12.1 Å². The molecular formula is C12H8N4O2. The molecule has 1 heterocycles. The highest BCUT2D eigenvalue weighted by atomic mass is 16.6. The number of aromatic nitrogens is 3. The van der Waals surface area contributed by atoms with Crippen molar-refractivity contribution in [3.8, 4) is 5.69 Å². The van der Waals surface area contributed by atoms with Crippen LogP contribution in [0.25, 0.3) is 16.7 Å². The molecule has 0 aliphatic rings. The number of fused-ring (bicyclic) bond motifs is 1. The number of benzene rings is 2. The normalized spacial score (nSPS) is 10.7. The largest absolute Gasteiger partial charge is 0.269 e. The van der Waals surface area contributed by atoms with Crippen LogP contribution in [0.15, 0.2) is 48.5 Å². The topological polar surface area (TPSA) is 73.8 Å². The maximum absolute atomic E-state index is 10.6. The predicted molar refractivity (Wildman–Crippen MR) is 65.5 cm³/mol. The summed E-state index contributed by atoms with van der Waals surface area (Å²) in [5.74, 6) is 0. The van der Waals surface area contributed by atoms with E-state index >= 15 is 0 Å². The molecule has 6 nitrogen and oxygen atoms in total. The van der Waals surface area contributed by atoms with Crippen LogP contribution in [0.2, 0.25) is 0 Å². The van der Waals surface area contributed by atoms with Crippen LogP contribution in [0.5, 0.6) is 0 Å². The molecule has 0 radical (unpaired) electrons. The predicted octanol–water partition coefficient (Wildman–Crippen LogP) is 2.33. The summed E-state index contributed by atoms with van der Waals surface area (Å²) in [6.07, 6.45) is 0. The molecule has 0 saturated heterocycles. The average Bonchev–Trinajstić information content (AvgIpc) is 2.82. The smallest absolute Gasteiger partial charge is 0.258 e. The van der Waals surface area contributed by atoms with Crippen molar-refractivity contribution < 1.29 is 4.92 Å². The maximum atomic E-state index is 10.6. The zero-order valence-corrected chi connectivity index (χ0v) is 9.22. The van der Waals surface area contributed by atoms with E-state index in [1.165, 1.54) is 16.9 Å². The van der Waals surface area contributed by atoms with E-state index in [2.05, 4.69) is 10.2 Å². The van der Waals surface area contributed by atoms with E-state index in [0.717, 1.165) is 11.0 Å². The second kappa shape index (κ2) is 3.92. The Morgan fingerprint density at radius 3 is 2.00 bits per heavy atom. The molecule has 0 unspecified atom stereocenters. The number of non-ortho nitro benzene ring substituents is 1. The van der Waals surface area contributed by atoms with E-state index in [9.17, 15) is 10.1 Å². The Hall–Kier alpha value is -2.76. The van der Waals surface area contributed by atoms with Crippen molar-refractivity contribution in [2.45, 2.75) is 0 Å². The molecule has 0 bridgehead atoms. The lowest BCUT2D eigenvalue weighted by Gasteiger charge is -1.97. The first kappa shape index (κ1) is 10.4. The minimum atomic E-state index is -0.434. The fraction of sp³-hybridized carbons (Fsp3) is 0. The number of rotatable bonds is 2. The first-order chi connectivity index (χ1) is 8.74. The lowest BCUT2D eigenvalue weighted by molar-refractivity contribution is -0.384. The molecular weight excluding hydrogens is 232 g/mol. The van der Waals surface area contributed by atoms with Crippen LogP contribution in [0.4, 0.5) is 5.69 Å². The van der Waals surface area contributed by atoms with Gasteiger partial charge in [-0.05, 0) is 24.3 Å². The van der Waals surface area contributed by atoms with Gasteiger partial charge in [-0.15, -0.1) is 10.2 Å². The molecule has 0 fully saturated rings. The highest BCUT2D eigenvalue weighted by Crippen LogP contribution is 2.15. The lowest BCUT2D eigenvalue weighted by Crippen LogP contribution is -1.98. The zero-order chi connectivity index (χ0) is 12.5. The van der Waals surface area contributed by atoms with Crippen molar-refractivity contribution in [1.82, 2.24) is 15.0 Å². The van der Waals surface area contributed by atoms with E-state index in [0.29, 0.717) is 5.69 Å². The third kappa shape index (κ3) is 1.69. The van der Waals surface area contributed by atoms with Gasteiger partial charge in [-0.3, -0.25) is 10.1 Å². The summed E-state index contributed by atoms with van der Waals surface area (Å²) in [5, 5.41) is 19.1. The summed E-state index contributed by atoms with van der Waals surface area (Å²) in [6, 6.07) is 13.6. The number of nitro benzene ring substituents is 1. The Labute approximate surface area is 102 Å². The molecule has 3 rings (SSSR count). The summed E-state index contributed by atoms with van der Waals surface area (Å²) in [4.78, 5) is 11.6. The van der Waals surface area contributed by atoms with Crippen LogP contribution in [0.1, 0.15) is 0 Å². The summed E-state index contributed by atoms with van der Waals surface area (Å²) < 4.78 is 0. The number of hydrogen-bond acceptors (Lipinski definition) is 4. The van der Waals surface area contributed by atoms with Crippen molar-refractivity contribution in [1.29, 1.82) is 0 Å². The van der Waals surface area contributed by atoms with Gasteiger partial charge in [0.25, 0.3) is 5.69 Å². The average molecular weight is 240 g/mol. The molecule has 0 N–H and O–H groups in total. The van der Waals surface area contributed by atoms with Gasteiger partial charge < -0.3 is 0 Å². The summed E-state index contributed by atoms with van der Waals surface area (Å²) in [5.41, 5.74) is 2.32. The van der Waals surface area contributed by atoms with Crippen LogP contribution in [0, 0.1) is 10.1 Å². The fourth-order valence-electron chi connectivity index (χ4n) is 1.68. The fourth-order valence-corrected chi connectivity index (χ4v) is 1.68. The minimum Gasteiger partial charge on any atom is -0.258 e. The van der Waals surface area contributed by atoms with Crippen LogP contribution in [0.3, 0.4) is 0 Å². The van der Waals surface area contributed by atoms with E-state index in [4.69, 9.17) is 0 Å². The first-order valence-electron chi connectivity index (χ1n) is 5.31. The van der Waals surface area contributed by atoms with Gasteiger partial charge in [-0.2, -0.15) is 4.80 Å². The van der Waals surface area contributed by atoms with E-state index < -0.39 is 4.92 Å². The highest BCUT2D eigenvalue weighted by molar-refractivity contribution is 5.73. The SMILES string of the molecule is O=[N+]([O-])c1ccc(-n2nc3ccccc3n2)cc1. The molecule has 6 heteroatoms. The Kier molecular flexibility index (Phi) is 2.26. The second-order valence-electron chi connectivity index (χ2n) is 3.75. The molecule has 0 amide bonds. The van der Waals surface area contributed by atoms with E-state index in [1.54, 1.807) is 12.1 Å². The maximum Gasteiger partial charge on any atom is 0.269 e. The molecule has 88 valence electrons. The quantitative estimate of drug-likeness (QED) is 0.509. The molecule has 0 atom stereocenters. The number of nitrogens with zero attached hydrogens (tertiary/aromatic N) is 4. The molecule has 0 aliphatic heterocycles. The number of hydrogen-bond donors (Lipinski definition) is 0. The molecule has 0 aliphatic carbocycles. The van der Waals surface area contributed by atoms with Gasteiger partial charge in [-0.25, -0.2) is 0 Å². The van der Waals surface area contributed by atoms with Crippen LogP contribution >= 0.6 is 0 Å². The molecule has 1 aromatic heterocycles. The van der Waals surface area contributed by atoms with Crippen molar-refractivity contribution >= 4 is 16.7 Å². The van der Waals surface area contributed by atoms with Crippen molar-refractivity contribution in [2.24, 2.45) is 0 Å². The third-order valence-corrected chi connectivity index (χ3v) is 2.58. The van der Waals surface area contributed by atoms with E-state index in [1.807, 2.05) is 24.3 Å². The first-order valence-corrected chi connectivity index (χ1v) is 5.31. The van der Waals surface area contributed by atoms with Gasteiger partial charge in [0.1, 0.15) is 11.0 Å². The van der Waals surface area contributed by atoms with Crippen molar-refractivity contribution in [2.75, 3.05) is 0 Å². The van der Waals surface area contributed by atoms with Crippen LogP contribution in [-0.4, -0.2) is 19.9 Å². The highest BCUT2D eigenvalue weighted by Gasteiger charge is 2.07. The Morgan fingerprint density at radius 2 is 1.50 bits per heavy atom. The second-order valence-corrected chi connectivity index (χ2v) is 3.75. The molecule has 2 aromatic carbocycles. The van der Waals surface area contributed by atoms with Crippen LogP contribution < -0.4 is 0 Å². The summed E-state index contributed by atoms with van der Waals surface area (Å²) in [6.45, 7) is 0. The Bertz CT molecular complexity index is 685. The van der Waals surface area contributed by atoms with Crippen molar-refractivity contribution in [3.05, 3.63) is 58.6 Å².